The van der Waals surface area contributed by atoms with Gasteiger partial charge in [0, 0.05) is 17.7 Å². The Kier molecular flexibility index (Phi) is 4.72. The number of hydrogen-bond acceptors (Lipinski definition) is 4. The summed E-state index contributed by atoms with van der Waals surface area (Å²) in [6.45, 7) is 2.94. The van der Waals surface area contributed by atoms with Gasteiger partial charge in [-0.1, -0.05) is 61.5 Å². The molecule has 3 rings (SSSR count). The summed E-state index contributed by atoms with van der Waals surface area (Å²) in [5, 5.41) is 0. The molecule has 5 heteroatoms. The molecule has 2 aromatic carbocycles. The second-order valence-corrected chi connectivity index (χ2v) is 5.35. The molecular formula is C19H19N3O2. The summed E-state index contributed by atoms with van der Waals surface area (Å²) in [5.41, 5.74) is 10.2. The van der Waals surface area contributed by atoms with Crippen LogP contribution in [-0.2, 0) is 17.8 Å². The highest BCUT2D eigenvalue weighted by molar-refractivity contribution is 5.69. The molecule has 5 nitrogen and oxygen atoms in total. The Morgan fingerprint density at radius 3 is 2.38 bits per heavy atom. The van der Waals surface area contributed by atoms with Gasteiger partial charge in [0.25, 0.3) is 0 Å². The van der Waals surface area contributed by atoms with Crippen LogP contribution in [0.25, 0.3) is 22.6 Å². The van der Waals surface area contributed by atoms with Gasteiger partial charge in [-0.2, -0.15) is 4.73 Å². The zero-order valence-electron chi connectivity index (χ0n) is 13.5. The number of hydrogen-bond donors (Lipinski definition) is 1. The monoisotopic (exact) mass is 321 g/mol. The molecule has 2 N–H and O–H groups in total. The Hall–Kier alpha value is -2.92. The van der Waals surface area contributed by atoms with Crippen molar-refractivity contribution in [2.75, 3.05) is 0 Å². The van der Waals surface area contributed by atoms with Crippen molar-refractivity contribution < 1.29 is 9.63 Å². The van der Waals surface area contributed by atoms with Crippen molar-refractivity contribution in [3.05, 3.63) is 65.9 Å². The third kappa shape index (κ3) is 2.94. The number of rotatable bonds is 6. The van der Waals surface area contributed by atoms with Crippen molar-refractivity contribution in [2.24, 2.45) is 5.73 Å². The summed E-state index contributed by atoms with van der Waals surface area (Å²) in [6, 6.07) is 17.5. The van der Waals surface area contributed by atoms with Crippen LogP contribution in [0.2, 0.25) is 0 Å². The number of aromatic nitrogens is 2. The normalized spacial score (nSPS) is 10.6. The van der Waals surface area contributed by atoms with Crippen molar-refractivity contribution in [1.29, 1.82) is 0 Å². The molecule has 0 atom stereocenters. The topological polar surface area (TPSA) is 70.1 Å². The van der Waals surface area contributed by atoms with Crippen molar-refractivity contribution in [3.63, 3.8) is 0 Å². The number of aryl methyl sites for hydroxylation is 1. The van der Waals surface area contributed by atoms with E-state index < -0.39 is 0 Å². The lowest BCUT2D eigenvalue weighted by Gasteiger charge is -2.10. The van der Waals surface area contributed by atoms with Crippen LogP contribution in [0.5, 0.6) is 0 Å². The molecule has 0 saturated heterocycles. The van der Waals surface area contributed by atoms with Crippen LogP contribution in [0, 0.1) is 0 Å². The molecule has 0 fully saturated rings. The predicted molar refractivity (Wildman–Crippen MR) is 93.0 cm³/mol. The van der Waals surface area contributed by atoms with Crippen molar-refractivity contribution in [1.82, 2.24) is 9.71 Å². The zero-order chi connectivity index (χ0) is 16.9. The summed E-state index contributed by atoms with van der Waals surface area (Å²) < 4.78 is 1.50. The van der Waals surface area contributed by atoms with Crippen LogP contribution in [0.15, 0.2) is 54.6 Å². The second kappa shape index (κ2) is 7.10. The fraction of sp³-hybridized carbons (Fsp3) is 0.158. The Morgan fingerprint density at radius 1 is 1.08 bits per heavy atom. The number of carbonyl (C=O) groups excluding carboxylic acids is 1. The maximum absolute atomic E-state index is 11.1. The zero-order valence-corrected chi connectivity index (χ0v) is 13.5. The van der Waals surface area contributed by atoms with E-state index in [-0.39, 0.29) is 0 Å². The van der Waals surface area contributed by atoms with E-state index in [2.05, 4.69) is 0 Å². The molecule has 0 amide bonds. The number of nitrogens with two attached hydrogens (primary N) is 1. The van der Waals surface area contributed by atoms with Gasteiger partial charge in [-0.05, 0) is 12.0 Å². The molecule has 0 radical (unpaired) electrons. The summed E-state index contributed by atoms with van der Waals surface area (Å²) in [4.78, 5) is 21.0. The summed E-state index contributed by atoms with van der Waals surface area (Å²) in [6.07, 6.45) is 0.725. The molecule has 0 unspecified atom stereocenters. The van der Waals surface area contributed by atoms with Crippen LogP contribution in [0.1, 0.15) is 18.2 Å². The highest BCUT2D eigenvalue weighted by atomic mass is 16.7. The molecular weight excluding hydrogens is 302 g/mol. The third-order valence-corrected chi connectivity index (χ3v) is 3.89. The van der Waals surface area contributed by atoms with E-state index in [4.69, 9.17) is 15.6 Å². The second-order valence-electron chi connectivity index (χ2n) is 5.35. The third-order valence-electron chi connectivity index (χ3n) is 3.89. The van der Waals surface area contributed by atoms with E-state index in [0.29, 0.717) is 18.8 Å². The Labute approximate surface area is 140 Å². The first-order valence-electron chi connectivity index (χ1n) is 7.85. The van der Waals surface area contributed by atoms with Crippen molar-refractivity contribution in [2.45, 2.75) is 19.9 Å². The van der Waals surface area contributed by atoms with Gasteiger partial charge in [0.15, 0.2) is 5.82 Å². The molecule has 1 aromatic heterocycles. The minimum Gasteiger partial charge on any atom is -0.338 e. The molecule has 122 valence electrons. The van der Waals surface area contributed by atoms with Gasteiger partial charge in [0.05, 0.1) is 5.69 Å². The molecule has 24 heavy (non-hydrogen) atoms. The number of imidazole rings is 1. The van der Waals surface area contributed by atoms with Gasteiger partial charge in [-0.25, -0.2) is 4.98 Å². The van der Waals surface area contributed by atoms with E-state index >= 15 is 0 Å². The lowest BCUT2D eigenvalue weighted by Crippen LogP contribution is -2.12. The van der Waals surface area contributed by atoms with Gasteiger partial charge in [-0.3, -0.25) is 4.79 Å². The fourth-order valence-corrected chi connectivity index (χ4v) is 2.69. The van der Waals surface area contributed by atoms with E-state index in [9.17, 15) is 4.79 Å². The van der Waals surface area contributed by atoms with E-state index in [1.165, 1.54) is 4.73 Å². The summed E-state index contributed by atoms with van der Waals surface area (Å²) in [7, 11) is 0. The molecule has 1 heterocycles. The van der Waals surface area contributed by atoms with Gasteiger partial charge >= 0.3 is 6.47 Å². The Balaban J connectivity index is 2.19. The fourth-order valence-electron chi connectivity index (χ4n) is 2.69. The van der Waals surface area contributed by atoms with Crippen molar-refractivity contribution in [3.8, 4) is 22.6 Å². The lowest BCUT2D eigenvalue weighted by molar-refractivity contribution is -0.128. The highest BCUT2D eigenvalue weighted by Gasteiger charge is 2.20. The largest absolute Gasteiger partial charge is 0.338 e. The van der Waals surface area contributed by atoms with Gasteiger partial charge in [0.2, 0.25) is 0 Å². The van der Waals surface area contributed by atoms with Crippen molar-refractivity contribution >= 4 is 6.47 Å². The molecule has 0 bridgehead atoms. The van der Waals surface area contributed by atoms with Crippen LogP contribution < -0.4 is 10.6 Å². The highest BCUT2D eigenvalue weighted by Crippen LogP contribution is 2.30. The standard InChI is InChI=1S/C19H19N3O2/c1-2-17-18(15-10-8-14(12-20)9-11-15)22(24-13-23)19(21-17)16-6-4-3-5-7-16/h3-11,13H,2,12,20H2,1H3. The van der Waals surface area contributed by atoms with Crippen LogP contribution in [0.4, 0.5) is 0 Å². The number of benzene rings is 2. The molecule has 0 aliphatic rings. The predicted octanol–water partition coefficient (Wildman–Crippen LogP) is 2.82. The van der Waals surface area contributed by atoms with Gasteiger partial charge < -0.3 is 10.6 Å². The maximum Gasteiger partial charge on any atom is 0.321 e. The Morgan fingerprint density at radius 2 is 1.79 bits per heavy atom. The molecule has 0 saturated carbocycles. The average Bonchev–Trinajstić information content (AvgIpc) is 3.01. The number of carbonyl (C=O) groups is 1. The maximum atomic E-state index is 11.1. The van der Waals surface area contributed by atoms with E-state index in [1.807, 2.05) is 61.5 Å². The minimum atomic E-state index is 0.422. The smallest absolute Gasteiger partial charge is 0.321 e. The first kappa shape index (κ1) is 16.0. The Bertz CT molecular complexity index is 824. The van der Waals surface area contributed by atoms with E-state index in [1.54, 1.807) is 0 Å². The van der Waals surface area contributed by atoms with Gasteiger partial charge in [0.1, 0.15) is 5.69 Å². The van der Waals surface area contributed by atoms with Crippen LogP contribution in [0.3, 0.4) is 0 Å². The van der Waals surface area contributed by atoms with Gasteiger partial charge in [-0.15, -0.1) is 0 Å². The molecule has 0 aliphatic heterocycles. The minimum absolute atomic E-state index is 0.422. The van der Waals surface area contributed by atoms with Crippen LogP contribution in [-0.4, -0.2) is 16.2 Å². The SMILES string of the molecule is CCc1nc(-c2ccccc2)n(OC=O)c1-c1ccc(CN)cc1. The average molecular weight is 321 g/mol. The molecule has 0 aliphatic carbocycles. The summed E-state index contributed by atoms with van der Waals surface area (Å²) in [5.74, 6) is 0.609. The quantitative estimate of drug-likeness (QED) is 0.709. The molecule has 0 spiro atoms. The van der Waals surface area contributed by atoms with Crippen LogP contribution >= 0.6 is 0 Å². The first-order chi connectivity index (χ1) is 11.8. The summed E-state index contributed by atoms with van der Waals surface area (Å²) >= 11 is 0. The lowest BCUT2D eigenvalue weighted by atomic mass is 10.1. The first-order valence-corrected chi connectivity index (χ1v) is 7.85. The van der Waals surface area contributed by atoms with E-state index in [0.717, 1.165) is 34.5 Å². The number of nitrogens with zero attached hydrogens (tertiary/aromatic N) is 2. The molecule has 3 aromatic rings.